The first-order valence-electron chi connectivity index (χ1n) is 8.36. The molecule has 4 aromatic carbocycles. The van der Waals surface area contributed by atoms with Crippen LogP contribution in [0.3, 0.4) is 0 Å². The number of halogens is 2. The number of hydrogen-bond acceptors (Lipinski definition) is 0. The second kappa shape index (κ2) is 14.3. The summed E-state index contributed by atoms with van der Waals surface area (Å²) >= 11 is 0. The molecular weight excluding hydrogens is 464 g/mol. The zero-order chi connectivity index (χ0) is 17.3. The molecule has 0 aromatic heterocycles. The van der Waals surface area contributed by atoms with Gasteiger partial charge < -0.3 is 30.5 Å². The van der Waals surface area contributed by atoms with Crippen molar-refractivity contribution in [1.82, 2.24) is 0 Å². The molecule has 0 aliphatic heterocycles. The topological polar surface area (TPSA) is 23.8 Å². The van der Waals surface area contributed by atoms with Crippen molar-refractivity contribution < 1.29 is 51.0 Å². The number of rotatable bonds is 0. The zero-order valence-electron chi connectivity index (χ0n) is 15.3. The predicted molar refractivity (Wildman–Crippen MR) is 109 cm³/mol. The minimum absolute atomic E-state index is 0. The van der Waals surface area contributed by atoms with Gasteiger partial charge in [0, 0.05) is 0 Å². The Balaban J connectivity index is 0.000000419. The van der Waals surface area contributed by atoms with Crippen molar-refractivity contribution in [1.29, 1.82) is 0 Å². The first-order chi connectivity index (χ1) is 12.3. The van der Waals surface area contributed by atoms with Crippen molar-refractivity contribution >= 4 is 27.2 Å². The average Bonchev–Trinajstić information content (AvgIpc) is 3.34. The van der Waals surface area contributed by atoms with Gasteiger partial charge in [0.05, 0.1) is 0 Å². The Morgan fingerprint density at radius 1 is 0.714 bits per heavy atom. The van der Waals surface area contributed by atoms with E-state index in [1.165, 1.54) is 21.5 Å². The van der Waals surface area contributed by atoms with E-state index in [4.69, 9.17) is 5.73 Å². The zero-order valence-corrected chi connectivity index (χ0v) is 19.2. The number of nitrogens with one attached hydrogen (secondary N) is 1. The second-order valence-electron chi connectivity index (χ2n) is 5.69. The molecule has 142 valence electrons. The minimum atomic E-state index is 0. The van der Waals surface area contributed by atoms with E-state index in [1.807, 2.05) is 30.4 Å². The minimum Gasteiger partial charge on any atom is -1.00 e. The van der Waals surface area contributed by atoms with Gasteiger partial charge in [0.2, 0.25) is 0 Å². The van der Waals surface area contributed by atoms with Gasteiger partial charge in [0.1, 0.15) is 0 Å². The van der Waals surface area contributed by atoms with Crippen molar-refractivity contribution in [2.24, 2.45) is 0 Å². The molecule has 28 heavy (non-hydrogen) atoms. The SMILES string of the molecule is [C-]1=CC=CC1.[Cl-].[Cl-].[NH-]c1ccccc1.[Zr+2].c1ccc2c(c1)[cH-]c1ccccc12. The van der Waals surface area contributed by atoms with Gasteiger partial charge in [-0.1, -0.05) is 66.7 Å². The molecule has 1 N–H and O–H groups in total. The number of fused-ring (bicyclic) bond motifs is 3. The van der Waals surface area contributed by atoms with Crippen molar-refractivity contribution in [3.05, 3.63) is 115 Å². The molecule has 0 amide bonds. The van der Waals surface area contributed by atoms with Gasteiger partial charge in [-0.3, -0.25) is 6.08 Å². The Morgan fingerprint density at radius 2 is 1.21 bits per heavy atom. The standard InChI is InChI=1S/C13H9.C6H6N.C5H5.2ClH.Zr/c1-3-7-12-10(5-1)9-11-6-2-4-8-13(11)12;7-6-4-2-1-3-5-6;1-2-4-5-3-1;;;/h1-9H;1-5,7H;1-3H,4H2;2*1H;/q3*-1;;;+2/p-2. The van der Waals surface area contributed by atoms with Crippen LogP contribution >= 0.6 is 0 Å². The molecule has 4 heteroatoms. The summed E-state index contributed by atoms with van der Waals surface area (Å²) in [6.07, 6.45) is 10.0. The van der Waals surface area contributed by atoms with Gasteiger partial charge in [-0.2, -0.15) is 6.08 Å². The molecule has 1 nitrogen and oxygen atoms in total. The summed E-state index contributed by atoms with van der Waals surface area (Å²) < 4.78 is 0. The van der Waals surface area contributed by atoms with Gasteiger partial charge in [0.15, 0.2) is 0 Å². The molecule has 0 radical (unpaired) electrons. The fraction of sp³-hybridized carbons (Fsp3) is 0.0417. The molecule has 0 spiro atoms. The van der Waals surface area contributed by atoms with E-state index in [9.17, 15) is 0 Å². The van der Waals surface area contributed by atoms with Crippen molar-refractivity contribution in [2.45, 2.75) is 6.42 Å². The van der Waals surface area contributed by atoms with E-state index in [1.54, 1.807) is 12.1 Å². The van der Waals surface area contributed by atoms with E-state index in [0.29, 0.717) is 5.69 Å². The number of benzene rings is 3. The molecule has 4 aromatic rings. The van der Waals surface area contributed by atoms with Crippen LogP contribution in [0.25, 0.3) is 27.3 Å². The smallest absolute Gasteiger partial charge is 1.00 e. The van der Waals surface area contributed by atoms with E-state index in [2.05, 4.69) is 66.7 Å². The molecule has 0 saturated carbocycles. The van der Waals surface area contributed by atoms with Crippen molar-refractivity contribution in [3.63, 3.8) is 0 Å². The molecule has 5 rings (SSSR count). The molecular formula is C24H20Cl2NZr-3. The molecule has 0 fully saturated rings. The Morgan fingerprint density at radius 3 is 1.57 bits per heavy atom. The Hall–Kier alpha value is -1.73. The average molecular weight is 485 g/mol. The summed E-state index contributed by atoms with van der Waals surface area (Å²) in [7, 11) is 0. The fourth-order valence-corrected chi connectivity index (χ4v) is 2.68. The van der Waals surface area contributed by atoms with Crippen LogP contribution in [0.15, 0.2) is 103 Å². The Bertz CT molecular complexity index is 931. The number of allylic oxidation sites excluding steroid dienone is 4. The summed E-state index contributed by atoms with van der Waals surface area (Å²) in [6.45, 7) is 0. The van der Waals surface area contributed by atoms with Gasteiger partial charge in [-0.25, -0.2) is 12.2 Å². The monoisotopic (exact) mass is 482 g/mol. The van der Waals surface area contributed by atoms with Gasteiger partial charge in [0.25, 0.3) is 0 Å². The van der Waals surface area contributed by atoms with Gasteiger partial charge in [-0.05, 0) is 0 Å². The maximum atomic E-state index is 7.00. The Kier molecular flexibility index (Phi) is 13.4. The summed E-state index contributed by atoms with van der Waals surface area (Å²) in [4.78, 5) is 0. The molecule has 1 aliphatic carbocycles. The van der Waals surface area contributed by atoms with Crippen LogP contribution in [0.1, 0.15) is 6.42 Å². The van der Waals surface area contributed by atoms with Crippen molar-refractivity contribution in [3.8, 4) is 0 Å². The van der Waals surface area contributed by atoms with Crippen LogP contribution in [-0.4, -0.2) is 0 Å². The molecule has 0 saturated heterocycles. The van der Waals surface area contributed by atoms with E-state index < -0.39 is 0 Å². The van der Waals surface area contributed by atoms with Gasteiger partial charge >= 0.3 is 26.2 Å². The first-order valence-corrected chi connectivity index (χ1v) is 8.36. The molecule has 0 unspecified atom stereocenters. The summed E-state index contributed by atoms with van der Waals surface area (Å²) in [5.74, 6) is 0. The second-order valence-corrected chi connectivity index (χ2v) is 5.69. The maximum absolute atomic E-state index is 7.00. The molecule has 1 aliphatic rings. The van der Waals surface area contributed by atoms with Crippen LogP contribution < -0.4 is 24.8 Å². The van der Waals surface area contributed by atoms with E-state index in [0.717, 1.165) is 6.42 Å². The predicted octanol–water partition coefficient (Wildman–Crippen LogP) is 1.39. The largest absolute Gasteiger partial charge is 2.00 e. The normalized spacial score (nSPS) is 10.4. The van der Waals surface area contributed by atoms with Crippen LogP contribution in [-0.2, 0) is 26.2 Å². The molecule has 0 bridgehead atoms. The third-order valence-corrected chi connectivity index (χ3v) is 3.88. The first kappa shape index (κ1) is 26.3. The van der Waals surface area contributed by atoms with Crippen molar-refractivity contribution in [2.75, 3.05) is 0 Å². The molecule has 0 heterocycles. The van der Waals surface area contributed by atoms with E-state index >= 15 is 0 Å². The van der Waals surface area contributed by atoms with Crippen LogP contribution in [0.4, 0.5) is 5.69 Å². The van der Waals surface area contributed by atoms with Crippen LogP contribution in [0.2, 0.25) is 0 Å². The molecule has 0 atom stereocenters. The van der Waals surface area contributed by atoms with Crippen LogP contribution in [0, 0.1) is 6.08 Å². The fourth-order valence-electron chi connectivity index (χ4n) is 2.68. The summed E-state index contributed by atoms with van der Waals surface area (Å²) in [6, 6.07) is 28.4. The van der Waals surface area contributed by atoms with Crippen LogP contribution in [0.5, 0.6) is 0 Å². The third kappa shape index (κ3) is 7.72. The third-order valence-electron chi connectivity index (χ3n) is 3.88. The van der Waals surface area contributed by atoms with E-state index in [-0.39, 0.29) is 51.0 Å². The quantitative estimate of drug-likeness (QED) is 0.337. The van der Waals surface area contributed by atoms with Gasteiger partial charge in [-0.15, -0.1) is 51.9 Å². The maximum Gasteiger partial charge on any atom is 2.00 e. The summed E-state index contributed by atoms with van der Waals surface area (Å²) in [5, 5.41) is 5.39. The summed E-state index contributed by atoms with van der Waals surface area (Å²) in [5.41, 5.74) is 7.57. The number of hydrogen-bond donors (Lipinski definition) is 0. The Labute approximate surface area is 198 Å².